The van der Waals surface area contributed by atoms with Crippen molar-refractivity contribution in [1.82, 2.24) is 24.8 Å². The molecular weight excluding hydrogens is 452 g/mol. The fourth-order valence-electron chi connectivity index (χ4n) is 4.32. The first-order valence-electron chi connectivity index (χ1n) is 11.6. The highest BCUT2D eigenvalue weighted by Crippen LogP contribution is 2.35. The van der Waals surface area contributed by atoms with Gasteiger partial charge in [0.15, 0.2) is 6.29 Å². The highest BCUT2D eigenvalue weighted by molar-refractivity contribution is 6.05. The summed E-state index contributed by atoms with van der Waals surface area (Å²) in [4.78, 5) is 29.1. The van der Waals surface area contributed by atoms with Crippen molar-refractivity contribution in [3.05, 3.63) is 108 Å². The van der Waals surface area contributed by atoms with Gasteiger partial charge in [-0.3, -0.25) is 19.7 Å². The van der Waals surface area contributed by atoms with E-state index in [4.69, 9.17) is 10.2 Å². The Hall–Kier alpha value is -4.56. The number of carbonyl (C=O) groups excluding carboxylic acids is 1. The van der Waals surface area contributed by atoms with Crippen molar-refractivity contribution < 1.29 is 9.21 Å². The van der Waals surface area contributed by atoms with E-state index in [1.165, 1.54) is 11.9 Å². The predicted octanol–water partition coefficient (Wildman–Crippen LogP) is 4.38. The zero-order valence-corrected chi connectivity index (χ0v) is 19.8. The number of imidazole rings is 1. The molecule has 5 heterocycles. The van der Waals surface area contributed by atoms with E-state index in [1.54, 1.807) is 24.8 Å². The van der Waals surface area contributed by atoms with Gasteiger partial charge in [-0.1, -0.05) is 24.3 Å². The van der Waals surface area contributed by atoms with Crippen molar-refractivity contribution in [1.29, 1.82) is 0 Å². The number of hydrogen-bond acceptors (Lipinski definition) is 7. The lowest BCUT2D eigenvalue weighted by molar-refractivity contribution is -0.103. The standard InChI is InChI=1S/C15H15N3O.C13H11N3O/c1-18-7-6-11-14(17-9-16-11)15(18)13-8-10-4-2-3-5-12(10)19-13;14-7-11(9-17)13-5-4-10(8-16-13)12-3-1-2-6-15-12/h2-5,8-9,15H,6-7H2,1H3,(H,16,17);1-9H,14H2/b;11-7-/t15-;/m1./s1. The Kier molecular flexibility index (Phi) is 6.68. The van der Waals surface area contributed by atoms with Gasteiger partial charge in [0.1, 0.15) is 17.4 Å². The number of likely N-dealkylation sites (N-methyl/N-ethyl adjacent to an activating group) is 1. The minimum Gasteiger partial charge on any atom is -0.459 e. The third-order valence-corrected chi connectivity index (χ3v) is 6.21. The molecule has 1 aliphatic heterocycles. The smallest absolute Gasteiger partial charge is 0.153 e. The summed E-state index contributed by atoms with van der Waals surface area (Å²) >= 11 is 0. The fraction of sp³-hybridized carbons (Fsp3) is 0.143. The topological polar surface area (TPSA) is 114 Å². The third kappa shape index (κ3) is 4.67. The summed E-state index contributed by atoms with van der Waals surface area (Å²) in [7, 11) is 2.12. The molecule has 0 saturated heterocycles. The second kappa shape index (κ2) is 10.4. The second-order valence-electron chi connectivity index (χ2n) is 8.47. The van der Waals surface area contributed by atoms with Gasteiger partial charge in [-0.25, -0.2) is 4.98 Å². The highest BCUT2D eigenvalue weighted by Gasteiger charge is 2.31. The van der Waals surface area contributed by atoms with Crippen LogP contribution in [0.1, 0.15) is 28.9 Å². The van der Waals surface area contributed by atoms with E-state index >= 15 is 0 Å². The SMILES string of the molecule is CN1CCc2[nH]cnc2[C@H]1c1cc2ccccc2o1.N/C=C(/C=O)c1ccc(-c2ccccn2)cn1. The third-order valence-electron chi connectivity index (χ3n) is 6.21. The van der Waals surface area contributed by atoms with Crippen molar-refractivity contribution in [3.8, 4) is 11.3 Å². The van der Waals surface area contributed by atoms with E-state index in [9.17, 15) is 4.79 Å². The van der Waals surface area contributed by atoms with Gasteiger partial charge in [-0.15, -0.1) is 0 Å². The van der Waals surface area contributed by atoms with Gasteiger partial charge >= 0.3 is 0 Å². The van der Waals surface area contributed by atoms with E-state index < -0.39 is 0 Å². The number of nitrogens with zero attached hydrogens (tertiary/aromatic N) is 4. The molecule has 0 fully saturated rings. The van der Waals surface area contributed by atoms with Gasteiger partial charge < -0.3 is 15.1 Å². The number of aromatic nitrogens is 4. The zero-order valence-electron chi connectivity index (χ0n) is 19.8. The summed E-state index contributed by atoms with van der Waals surface area (Å²) in [5, 5.41) is 1.15. The Bertz CT molecular complexity index is 1450. The lowest BCUT2D eigenvalue weighted by atomic mass is 10.0. The van der Waals surface area contributed by atoms with Gasteiger partial charge in [-0.05, 0) is 43.4 Å². The van der Waals surface area contributed by atoms with Crippen LogP contribution in [0.25, 0.3) is 27.8 Å². The van der Waals surface area contributed by atoms with Crippen LogP contribution < -0.4 is 5.73 Å². The molecule has 0 saturated carbocycles. The van der Waals surface area contributed by atoms with Gasteiger partial charge in [0, 0.05) is 48.2 Å². The van der Waals surface area contributed by atoms with Gasteiger partial charge in [0.25, 0.3) is 0 Å². The van der Waals surface area contributed by atoms with Gasteiger partial charge in [0.05, 0.1) is 29.0 Å². The Labute approximate surface area is 208 Å². The number of aromatic amines is 1. The lowest BCUT2D eigenvalue weighted by Crippen LogP contribution is -2.32. The van der Waals surface area contributed by atoms with Crippen molar-refractivity contribution in [2.45, 2.75) is 12.5 Å². The van der Waals surface area contributed by atoms with Crippen molar-refractivity contribution >= 4 is 22.8 Å². The molecule has 0 radical (unpaired) electrons. The van der Waals surface area contributed by atoms with E-state index in [-0.39, 0.29) is 6.04 Å². The van der Waals surface area contributed by atoms with Crippen LogP contribution in [0.3, 0.4) is 0 Å². The average molecular weight is 479 g/mol. The van der Waals surface area contributed by atoms with Crippen LogP contribution in [0.15, 0.2) is 90.0 Å². The Morgan fingerprint density at radius 1 is 1.11 bits per heavy atom. The molecule has 1 aliphatic rings. The van der Waals surface area contributed by atoms with Crippen LogP contribution in [0.5, 0.6) is 0 Å². The number of nitrogens with one attached hydrogen (secondary N) is 1. The fourth-order valence-corrected chi connectivity index (χ4v) is 4.32. The van der Waals surface area contributed by atoms with Crippen LogP contribution in [0.4, 0.5) is 0 Å². The van der Waals surface area contributed by atoms with Crippen molar-refractivity contribution in [2.24, 2.45) is 5.73 Å². The number of allylic oxidation sites excluding steroid dienone is 1. The molecule has 1 atom stereocenters. The monoisotopic (exact) mass is 478 g/mol. The number of benzene rings is 1. The van der Waals surface area contributed by atoms with Crippen molar-refractivity contribution in [2.75, 3.05) is 13.6 Å². The van der Waals surface area contributed by atoms with Crippen molar-refractivity contribution in [3.63, 3.8) is 0 Å². The number of H-pyrrole nitrogens is 1. The number of fused-ring (bicyclic) bond motifs is 2. The summed E-state index contributed by atoms with van der Waals surface area (Å²) in [5.74, 6) is 0.969. The maximum Gasteiger partial charge on any atom is 0.153 e. The molecule has 5 aromatic rings. The van der Waals surface area contributed by atoms with Crippen LogP contribution >= 0.6 is 0 Å². The van der Waals surface area contributed by atoms with Gasteiger partial charge in [0.2, 0.25) is 0 Å². The molecule has 3 N–H and O–H groups in total. The largest absolute Gasteiger partial charge is 0.459 e. The number of furan rings is 1. The first-order chi connectivity index (χ1) is 17.7. The lowest BCUT2D eigenvalue weighted by Gasteiger charge is -2.29. The molecule has 1 aromatic carbocycles. The molecule has 0 spiro atoms. The average Bonchev–Trinajstić information content (AvgIpc) is 3.58. The van der Waals surface area contributed by atoms with E-state index in [2.05, 4.69) is 44.0 Å². The molecule has 0 amide bonds. The Balaban J connectivity index is 0.000000149. The minimum absolute atomic E-state index is 0.113. The van der Waals surface area contributed by atoms with E-state index in [0.717, 1.165) is 46.6 Å². The molecular formula is C28H26N6O2. The highest BCUT2D eigenvalue weighted by atomic mass is 16.3. The number of aldehydes is 1. The van der Waals surface area contributed by atoms with E-state index in [1.807, 2.05) is 42.5 Å². The molecule has 6 rings (SSSR count). The Morgan fingerprint density at radius 3 is 2.69 bits per heavy atom. The predicted molar refractivity (Wildman–Crippen MR) is 139 cm³/mol. The van der Waals surface area contributed by atoms with Crippen LogP contribution in [-0.2, 0) is 11.2 Å². The molecule has 36 heavy (non-hydrogen) atoms. The van der Waals surface area contributed by atoms with Crippen LogP contribution in [0.2, 0.25) is 0 Å². The molecule has 180 valence electrons. The number of hydrogen-bond donors (Lipinski definition) is 2. The first kappa shape index (κ1) is 23.2. The molecule has 0 aliphatic carbocycles. The number of rotatable bonds is 4. The summed E-state index contributed by atoms with van der Waals surface area (Å²) in [6.07, 6.45) is 8.12. The van der Waals surface area contributed by atoms with Crippen LogP contribution in [-0.4, -0.2) is 44.7 Å². The van der Waals surface area contributed by atoms with E-state index in [0.29, 0.717) is 17.6 Å². The Morgan fingerprint density at radius 2 is 1.97 bits per heavy atom. The first-order valence-corrected chi connectivity index (χ1v) is 11.6. The quantitative estimate of drug-likeness (QED) is 0.291. The summed E-state index contributed by atoms with van der Waals surface area (Å²) in [6.45, 7) is 1.01. The number of carbonyl (C=O) groups is 1. The number of pyridine rings is 2. The maximum absolute atomic E-state index is 10.7. The molecule has 8 heteroatoms. The summed E-state index contributed by atoms with van der Waals surface area (Å²) in [6, 6.07) is 19.6. The molecule has 0 unspecified atom stereocenters. The number of nitrogens with two attached hydrogens (primary N) is 1. The normalized spacial score (nSPS) is 15.7. The summed E-state index contributed by atoms with van der Waals surface area (Å²) in [5.41, 5.74) is 11.2. The summed E-state index contributed by atoms with van der Waals surface area (Å²) < 4.78 is 6.01. The second-order valence-corrected chi connectivity index (χ2v) is 8.47. The maximum atomic E-state index is 10.7. The minimum atomic E-state index is 0.113. The molecule has 4 aromatic heterocycles. The molecule has 0 bridgehead atoms. The molecule has 8 nitrogen and oxygen atoms in total. The zero-order chi connectivity index (χ0) is 24.9. The van der Waals surface area contributed by atoms with Crippen LogP contribution in [0, 0.1) is 0 Å². The van der Waals surface area contributed by atoms with Gasteiger partial charge in [-0.2, -0.15) is 0 Å². The number of para-hydroxylation sites is 1.